The number of thioether (sulfide) groups is 1. The summed E-state index contributed by atoms with van der Waals surface area (Å²) < 4.78 is -1.17. The van der Waals surface area contributed by atoms with Crippen LogP contribution in [0.15, 0.2) is 59.5 Å². The molecule has 130 valence electrons. The van der Waals surface area contributed by atoms with Crippen LogP contribution in [0.4, 0.5) is 11.4 Å². The van der Waals surface area contributed by atoms with Crippen LogP contribution in [0.3, 0.4) is 0 Å². The van der Waals surface area contributed by atoms with Crippen LogP contribution >= 0.6 is 11.8 Å². The van der Waals surface area contributed by atoms with Crippen LogP contribution in [0, 0.1) is 0 Å². The average molecular weight is 354 g/mol. The van der Waals surface area contributed by atoms with Gasteiger partial charge >= 0.3 is 0 Å². The second-order valence-corrected chi connectivity index (χ2v) is 7.50. The van der Waals surface area contributed by atoms with E-state index >= 15 is 0 Å². The van der Waals surface area contributed by atoms with Crippen molar-refractivity contribution in [1.29, 1.82) is 0 Å². The van der Waals surface area contributed by atoms with Crippen molar-refractivity contribution in [3.8, 4) is 0 Å². The van der Waals surface area contributed by atoms with Crippen molar-refractivity contribution < 1.29 is 9.59 Å². The first-order valence-corrected chi connectivity index (χ1v) is 9.31. The first kappa shape index (κ1) is 17.5. The molecule has 1 aliphatic heterocycles. The molecule has 1 unspecified atom stereocenters. The van der Waals surface area contributed by atoms with Crippen molar-refractivity contribution in [2.45, 2.75) is 30.4 Å². The van der Waals surface area contributed by atoms with Crippen molar-refractivity contribution in [2.24, 2.45) is 0 Å². The molecule has 0 saturated heterocycles. The van der Waals surface area contributed by atoms with E-state index in [1.165, 1.54) is 11.8 Å². The molecule has 0 fully saturated rings. The minimum Gasteiger partial charge on any atom is -0.311 e. The minimum absolute atomic E-state index is 0.155. The number of hydrogen-bond acceptors (Lipinski definition) is 3. The summed E-state index contributed by atoms with van der Waals surface area (Å²) in [5, 5.41) is 0. The van der Waals surface area contributed by atoms with E-state index in [0.717, 1.165) is 16.3 Å². The summed E-state index contributed by atoms with van der Waals surface area (Å²) in [5.41, 5.74) is 1.69. The van der Waals surface area contributed by atoms with Gasteiger partial charge in [-0.15, -0.1) is 0 Å². The zero-order valence-corrected chi connectivity index (χ0v) is 15.5. The standard InChI is InChI=1S/C20H22N2O2S/c1-4-21(15-11-7-6-8-12-15)18(23)20(3)19(24)22(5-2)16-13-9-10-14-17(16)25-20/h6-14H,4-5H2,1-3H3. The fourth-order valence-electron chi connectivity index (χ4n) is 3.15. The van der Waals surface area contributed by atoms with Gasteiger partial charge in [0.25, 0.3) is 11.8 Å². The lowest BCUT2D eigenvalue weighted by molar-refractivity contribution is -0.129. The summed E-state index contributed by atoms with van der Waals surface area (Å²) in [4.78, 5) is 30.9. The number of benzene rings is 2. The van der Waals surface area contributed by atoms with E-state index in [1.807, 2.05) is 68.4 Å². The highest BCUT2D eigenvalue weighted by Crippen LogP contribution is 2.46. The SMILES string of the molecule is CCN(C(=O)C1(C)Sc2ccccc2N(CC)C1=O)c1ccccc1. The van der Waals surface area contributed by atoms with Crippen LogP contribution in [0.2, 0.25) is 0 Å². The third-order valence-electron chi connectivity index (χ3n) is 4.48. The molecule has 0 bridgehead atoms. The monoisotopic (exact) mass is 354 g/mol. The molecular weight excluding hydrogens is 332 g/mol. The van der Waals surface area contributed by atoms with E-state index in [2.05, 4.69) is 0 Å². The van der Waals surface area contributed by atoms with Crippen LogP contribution in [-0.2, 0) is 9.59 Å². The molecule has 2 aromatic rings. The van der Waals surface area contributed by atoms with E-state index in [1.54, 1.807) is 16.7 Å². The van der Waals surface area contributed by atoms with E-state index in [4.69, 9.17) is 0 Å². The van der Waals surface area contributed by atoms with E-state index in [-0.39, 0.29) is 11.8 Å². The molecule has 0 N–H and O–H groups in total. The highest BCUT2D eigenvalue weighted by Gasteiger charge is 2.50. The molecular formula is C20H22N2O2S. The molecule has 2 aromatic carbocycles. The molecule has 2 amide bonds. The Labute approximate surface area is 152 Å². The predicted molar refractivity (Wildman–Crippen MR) is 103 cm³/mol. The number of carbonyl (C=O) groups excluding carboxylic acids is 2. The summed E-state index contributed by atoms with van der Waals surface area (Å²) in [5.74, 6) is -0.331. The molecule has 0 aliphatic carbocycles. The molecule has 0 saturated carbocycles. The number of nitrogens with zero attached hydrogens (tertiary/aromatic N) is 2. The maximum atomic E-state index is 13.4. The Morgan fingerprint density at radius 1 is 1.08 bits per heavy atom. The maximum absolute atomic E-state index is 13.4. The Morgan fingerprint density at radius 2 is 1.72 bits per heavy atom. The van der Waals surface area contributed by atoms with Gasteiger partial charge in [-0.3, -0.25) is 9.59 Å². The van der Waals surface area contributed by atoms with E-state index in [0.29, 0.717) is 13.1 Å². The smallest absolute Gasteiger partial charge is 0.252 e. The highest BCUT2D eigenvalue weighted by atomic mass is 32.2. The quantitative estimate of drug-likeness (QED) is 0.781. The summed E-state index contributed by atoms with van der Waals surface area (Å²) in [6, 6.07) is 17.3. The van der Waals surface area contributed by atoms with Gasteiger partial charge in [-0.25, -0.2) is 0 Å². The first-order chi connectivity index (χ1) is 12.0. The van der Waals surface area contributed by atoms with Gasteiger partial charge in [-0.05, 0) is 45.0 Å². The molecule has 1 heterocycles. The number of rotatable bonds is 4. The summed E-state index contributed by atoms with van der Waals surface area (Å²) >= 11 is 1.35. The van der Waals surface area contributed by atoms with Gasteiger partial charge in [-0.1, -0.05) is 42.1 Å². The maximum Gasteiger partial charge on any atom is 0.252 e. The summed E-state index contributed by atoms with van der Waals surface area (Å²) in [6.07, 6.45) is 0. The van der Waals surface area contributed by atoms with Crippen LogP contribution < -0.4 is 9.80 Å². The third kappa shape index (κ3) is 2.93. The molecule has 3 rings (SSSR count). The largest absolute Gasteiger partial charge is 0.311 e. The number of hydrogen-bond donors (Lipinski definition) is 0. The number of anilines is 2. The van der Waals surface area contributed by atoms with Gasteiger partial charge < -0.3 is 9.80 Å². The predicted octanol–water partition coefficient (Wildman–Crippen LogP) is 3.96. The zero-order valence-electron chi connectivity index (χ0n) is 14.7. The molecule has 0 aromatic heterocycles. The highest BCUT2D eigenvalue weighted by molar-refractivity contribution is 8.02. The second-order valence-electron chi connectivity index (χ2n) is 6.04. The van der Waals surface area contributed by atoms with Gasteiger partial charge in [0.2, 0.25) is 0 Å². The van der Waals surface area contributed by atoms with Gasteiger partial charge in [0.1, 0.15) is 0 Å². The Bertz CT molecular complexity index is 793. The van der Waals surface area contributed by atoms with Crippen molar-refractivity contribution >= 4 is 35.0 Å². The Balaban J connectivity index is 2.03. The van der Waals surface area contributed by atoms with Crippen LogP contribution in [-0.4, -0.2) is 29.7 Å². The van der Waals surface area contributed by atoms with Gasteiger partial charge in [-0.2, -0.15) is 0 Å². The number of para-hydroxylation sites is 2. The normalized spacial score (nSPS) is 19.5. The van der Waals surface area contributed by atoms with Crippen LogP contribution in [0.25, 0.3) is 0 Å². The fraction of sp³-hybridized carbons (Fsp3) is 0.300. The molecule has 25 heavy (non-hydrogen) atoms. The van der Waals surface area contributed by atoms with Crippen molar-refractivity contribution in [3.05, 3.63) is 54.6 Å². The lowest BCUT2D eigenvalue weighted by Crippen LogP contribution is -2.57. The molecule has 5 heteroatoms. The Kier molecular flexibility index (Phi) is 4.86. The minimum atomic E-state index is -1.17. The second kappa shape index (κ2) is 6.92. The summed E-state index contributed by atoms with van der Waals surface area (Å²) in [7, 11) is 0. The zero-order chi connectivity index (χ0) is 18.0. The van der Waals surface area contributed by atoms with Crippen molar-refractivity contribution in [3.63, 3.8) is 0 Å². The van der Waals surface area contributed by atoms with Crippen molar-refractivity contribution in [1.82, 2.24) is 0 Å². The van der Waals surface area contributed by atoms with Crippen LogP contribution in [0.1, 0.15) is 20.8 Å². The van der Waals surface area contributed by atoms with Gasteiger partial charge in [0.05, 0.1) is 5.69 Å². The Hall–Kier alpha value is -2.27. The molecule has 4 nitrogen and oxygen atoms in total. The fourth-order valence-corrected chi connectivity index (χ4v) is 4.42. The van der Waals surface area contributed by atoms with Gasteiger partial charge in [0, 0.05) is 23.7 Å². The molecule has 1 aliphatic rings. The molecule has 0 radical (unpaired) electrons. The third-order valence-corrected chi connectivity index (χ3v) is 5.80. The van der Waals surface area contributed by atoms with E-state index < -0.39 is 4.75 Å². The number of fused-ring (bicyclic) bond motifs is 1. The molecule has 1 atom stereocenters. The topological polar surface area (TPSA) is 40.6 Å². The lowest BCUT2D eigenvalue weighted by Gasteiger charge is -2.40. The average Bonchev–Trinajstić information content (AvgIpc) is 2.64. The number of amides is 2. The van der Waals surface area contributed by atoms with E-state index in [9.17, 15) is 9.59 Å². The van der Waals surface area contributed by atoms with Gasteiger partial charge in [0.15, 0.2) is 4.75 Å². The van der Waals surface area contributed by atoms with Crippen LogP contribution in [0.5, 0.6) is 0 Å². The first-order valence-electron chi connectivity index (χ1n) is 8.50. The Morgan fingerprint density at radius 3 is 2.36 bits per heavy atom. The number of carbonyl (C=O) groups is 2. The summed E-state index contributed by atoms with van der Waals surface area (Å²) in [6.45, 7) is 6.66. The van der Waals surface area contributed by atoms with Crippen molar-refractivity contribution in [2.75, 3.05) is 22.9 Å². The molecule has 0 spiro atoms. The lowest BCUT2D eigenvalue weighted by atomic mass is 10.1.